The third-order valence-corrected chi connectivity index (χ3v) is 21.8. The van der Waals surface area contributed by atoms with Crippen molar-refractivity contribution < 1.29 is 79.0 Å². The highest BCUT2D eigenvalue weighted by molar-refractivity contribution is 7.98. The maximum absolute atomic E-state index is 14.3. The number of hydrogen-bond acceptors (Lipinski definition) is 0. The third-order valence-electron chi connectivity index (χ3n) is 12.8. The average Bonchev–Trinajstić information content (AvgIpc) is 0.814. The van der Waals surface area contributed by atoms with Crippen LogP contribution in [-0.2, 0) is 43.6 Å². The van der Waals surface area contributed by atoms with Crippen molar-refractivity contribution in [2.24, 2.45) is 0 Å². The lowest BCUT2D eigenvalue weighted by atomic mass is 10.3. The van der Waals surface area contributed by atoms with Crippen molar-refractivity contribution in [1.29, 1.82) is 0 Å². The molecule has 0 amide bonds. The molecule has 0 saturated heterocycles. The highest BCUT2D eigenvalue weighted by atomic mass is 32.2. The van der Waals surface area contributed by atoms with Gasteiger partial charge < -0.3 is 0 Å². The molecular formula is C72H42F18S4+4. The van der Waals surface area contributed by atoms with Gasteiger partial charge in [-0.1, -0.05) is 54.6 Å². The summed E-state index contributed by atoms with van der Waals surface area (Å²) in [5, 5.41) is 0. The Kier molecular flexibility index (Phi) is 23.2. The summed E-state index contributed by atoms with van der Waals surface area (Å²) >= 11 is 0. The van der Waals surface area contributed by atoms with Gasteiger partial charge in [-0.3, -0.25) is 0 Å². The van der Waals surface area contributed by atoms with Crippen LogP contribution >= 0.6 is 0 Å². The zero-order chi connectivity index (χ0) is 67.3. The molecule has 0 unspecified atom stereocenters. The Morgan fingerprint density at radius 2 is 0.330 bits per heavy atom. The van der Waals surface area contributed by atoms with Crippen LogP contribution in [0.5, 0.6) is 0 Å². The molecule has 0 spiro atoms. The van der Waals surface area contributed by atoms with Crippen LogP contribution in [0.15, 0.2) is 314 Å². The molecule has 0 aliphatic rings. The van der Waals surface area contributed by atoms with E-state index in [2.05, 4.69) is 0 Å². The van der Waals surface area contributed by atoms with Gasteiger partial charge >= 0.3 is 0 Å². The van der Waals surface area contributed by atoms with Crippen molar-refractivity contribution in [2.75, 3.05) is 0 Å². The molecular weight excluding hydrogens is 1340 g/mol. The fourth-order valence-corrected chi connectivity index (χ4v) is 17.5. The van der Waals surface area contributed by atoms with Crippen molar-refractivity contribution in [2.45, 2.75) is 58.7 Å². The van der Waals surface area contributed by atoms with Gasteiger partial charge in [-0.15, -0.1) is 0 Å². The Morgan fingerprint density at radius 1 is 0.138 bits per heavy atom. The first-order chi connectivity index (χ1) is 45.0. The second-order valence-electron chi connectivity index (χ2n) is 19.4. The summed E-state index contributed by atoms with van der Waals surface area (Å²) in [6, 6.07) is 53.7. The maximum atomic E-state index is 14.3. The first-order valence-electron chi connectivity index (χ1n) is 27.2. The molecule has 94 heavy (non-hydrogen) atoms. The van der Waals surface area contributed by atoms with E-state index in [9.17, 15) is 79.0 Å². The Labute approximate surface area is 537 Å². The summed E-state index contributed by atoms with van der Waals surface area (Å²) in [5.41, 5.74) is 0. The lowest BCUT2D eigenvalue weighted by molar-refractivity contribution is 0.554. The van der Waals surface area contributed by atoms with E-state index in [1.165, 1.54) is 24.3 Å². The number of benzene rings is 12. The van der Waals surface area contributed by atoms with E-state index in [-0.39, 0.29) is 39.2 Å². The van der Waals surface area contributed by atoms with Crippen LogP contribution < -0.4 is 0 Å². The molecule has 0 atom stereocenters. The molecule has 0 aliphatic heterocycles. The van der Waals surface area contributed by atoms with Crippen LogP contribution in [0.2, 0.25) is 0 Å². The molecule has 0 N–H and O–H groups in total. The third kappa shape index (κ3) is 17.7. The second kappa shape index (κ2) is 31.6. The number of hydrogen-bond donors (Lipinski definition) is 0. The van der Waals surface area contributed by atoms with Crippen LogP contribution in [0, 0.1) is 105 Å². The molecule has 0 heterocycles. The molecule has 0 aliphatic carbocycles. The van der Waals surface area contributed by atoms with Crippen LogP contribution in [-0.4, -0.2) is 0 Å². The summed E-state index contributed by atoms with van der Waals surface area (Å²) in [7, 11) is -4.93. The lowest BCUT2D eigenvalue weighted by Gasteiger charge is -2.10. The van der Waals surface area contributed by atoms with E-state index in [1.807, 2.05) is 60.7 Å². The highest BCUT2D eigenvalue weighted by Crippen LogP contribution is 2.39. The number of halogens is 18. The van der Waals surface area contributed by atoms with Crippen LogP contribution in [0.1, 0.15) is 0 Å². The zero-order valence-electron chi connectivity index (χ0n) is 47.7. The van der Waals surface area contributed by atoms with Gasteiger partial charge in [-0.25, -0.2) is 79.0 Å². The maximum Gasteiger partial charge on any atom is 0.202 e. The smallest absolute Gasteiger partial charge is 0.202 e. The van der Waals surface area contributed by atoms with Gasteiger partial charge in [0, 0.05) is 127 Å². The average molecular weight is 1380 g/mol. The van der Waals surface area contributed by atoms with Gasteiger partial charge in [-0.2, -0.15) is 0 Å². The summed E-state index contributed by atoms with van der Waals surface area (Å²) in [6.07, 6.45) is 0. The fourth-order valence-electron chi connectivity index (χ4n) is 8.98. The molecule has 0 radical (unpaired) electrons. The van der Waals surface area contributed by atoms with E-state index in [0.717, 1.165) is 113 Å². The molecule has 476 valence electrons. The van der Waals surface area contributed by atoms with E-state index in [0.29, 0.717) is 46.2 Å². The fraction of sp³-hybridized carbons (Fsp3) is 0. The summed E-state index contributed by atoms with van der Waals surface area (Å²) in [4.78, 5) is 2.88. The van der Waals surface area contributed by atoms with Gasteiger partial charge in [0.25, 0.3) is 0 Å². The first-order valence-corrected chi connectivity index (χ1v) is 32.1. The normalized spacial score (nSPS) is 11.0. The predicted molar refractivity (Wildman–Crippen MR) is 325 cm³/mol. The minimum Gasteiger partial charge on any atom is -0.207 e. The molecule has 0 fully saturated rings. The molecule has 0 bridgehead atoms. The van der Waals surface area contributed by atoms with Crippen molar-refractivity contribution >= 4 is 43.6 Å². The monoisotopic (exact) mass is 1380 g/mol. The Bertz CT molecular complexity index is 4210. The summed E-state index contributed by atoms with van der Waals surface area (Å²) in [6.45, 7) is 0. The largest absolute Gasteiger partial charge is 0.207 e. The Morgan fingerprint density at radius 3 is 0.543 bits per heavy atom. The van der Waals surface area contributed by atoms with E-state index >= 15 is 0 Å². The van der Waals surface area contributed by atoms with Crippen molar-refractivity contribution in [3.8, 4) is 0 Å². The van der Waals surface area contributed by atoms with Crippen LogP contribution in [0.3, 0.4) is 0 Å². The van der Waals surface area contributed by atoms with Crippen molar-refractivity contribution in [3.05, 3.63) is 359 Å². The Hall–Kier alpha value is -9.22. The molecule has 22 heteroatoms. The van der Waals surface area contributed by atoms with Gasteiger partial charge in [0.1, 0.15) is 102 Å². The molecule has 12 aromatic carbocycles. The first kappa shape index (κ1) is 69.1. The van der Waals surface area contributed by atoms with Crippen molar-refractivity contribution in [3.63, 3.8) is 0 Å². The second-order valence-corrected chi connectivity index (χ2v) is 27.3. The summed E-state index contributed by atoms with van der Waals surface area (Å²) in [5.74, 6) is -15.1. The summed E-state index contributed by atoms with van der Waals surface area (Å²) < 4.78 is 246. The van der Waals surface area contributed by atoms with Gasteiger partial charge in [0.15, 0.2) is 64.3 Å². The van der Waals surface area contributed by atoms with Crippen LogP contribution in [0.4, 0.5) is 79.0 Å². The van der Waals surface area contributed by atoms with E-state index in [4.69, 9.17) is 0 Å². The highest BCUT2D eigenvalue weighted by Gasteiger charge is 2.39. The molecule has 0 nitrogen and oxygen atoms in total. The standard InChI is InChI=1S/2C18H9F6S.C18H11F4S.C18H13F2S/c19-10-1-11(20)5-16(4-10)25(17-6-12(21)2-13(22)7-17)18-8-14(23)3-15(24)9-18;19-10-1-4-16(13(22)7-10)25(17-5-2-11(20)8-14(17)23)18-6-3-12(21)9-15(18)24;19-12-6-8-17(15(21)10-12)23(14-4-2-1-3-5-14)18-9-7-13(20)11-16(18)22;19-14-11-12-18(17(20)13-14)21(15-7-3-1-4-8-15)16-9-5-2-6-10-16/h2*1-9H;1-11H;1-13H/q4*+1. The van der Waals surface area contributed by atoms with E-state index < -0.39 is 148 Å². The number of rotatable bonds is 12. The Balaban J connectivity index is 0.000000148. The van der Waals surface area contributed by atoms with Crippen LogP contribution in [0.25, 0.3) is 0 Å². The van der Waals surface area contributed by atoms with Gasteiger partial charge in [0.2, 0.25) is 29.4 Å². The molecule has 0 aromatic heterocycles. The SMILES string of the molecule is Fc1cc(F)cc([S+](c2cc(F)cc(F)c2)c2cc(F)cc(F)c2)c1.Fc1ccc([S+](c2ccc(F)cc2F)c2ccc(F)cc2F)c(F)c1.Fc1ccc([S+](c2ccccc2)c2ccc(F)cc2F)c(F)c1.Fc1ccc([S+](c2ccccc2)c2ccccc2)c(F)c1. The van der Waals surface area contributed by atoms with Gasteiger partial charge in [0.05, 0.1) is 10.9 Å². The molecule has 12 rings (SSSR count). The van der Waals surface area contributed by atoms with E-state index in [1.54, 1.807) is 30.3 Å². The molecule has 0 saturated carbocycles. The minimum absolute atomic E-state index is 0.00694. The predicted octanol–water partition coefficient (Wildman–Crippen LogP) is 21.6. The quantitative estimate of drug-likeness (QED) is 0.0845. The van der Waals surface area contributed by atoms with Gasteiger partial charge in [-0.05, 0) is 72.8 Å². The minimum atomic E-state index is -1.70. The van der Waals surface area contributed by atoms with Crippen molar-refractivity contribution in [1.82, 2.24) is 0 Å². The zero-order valence-corrected chi connectivity index (χ0v) is 51.0. The topological polar surface area (TPSA) is 0 Å². The molecule has 12 aromatic rings. The lowest BCUT2D eigenvalue weighted by Crippen LogP contribution is -2.11.